The summed E-state index contributed by atoms with van der Waals surface area (Å²) in [4.78, 5) is 49.2. The molecule has 9 heteroatoms. The van der Waals surface area contributed by atoms with Crippen molar-refractivity contribution in [1.29, 1.82) is 0 Å². The standard InChI is InChI=1S/C29H30ClN5O3/c1-29(2,3)34-27(37)26(20-8-10-22(30)11-9-20)35(18-25(36)32-17-19-12-14-31-15-13-19)28(38)24-16-21-6-4-5-7-23(21)33-24/h4-16,26,33H,17-18H2,1-3H3,(H,32,36)(H,34,37). The molecule has 0 radical (unpaired) electrons. The van der Waals surface area contributed by atoms with Gasteiger partial charge in [-0.05, 0) is 68.3 Å². The number of amides is 3. The van der Waals surface area contributed by atoms with Crippen LogP contribution in [0.3, 0.4) is 0 Å². The Kier molecular flexibility index (Phi) is 8.12. The largest absolute Gasteiger partial charge is 0.351 e. The number of aromatic amines is 1. The number of carbonyl (C=O) groups excluding carboxylic acids is 3. The number of H-pyrrole nitrogens is 1. The molecule has 8 nitrogen and oxygen atoms in total. The molecule has 0 bridgehead atoms. The van der Waals surface area contributed by atoms with E-state index in [-0.39, 0.29) is 18.8 Å². The highest BCUT2D eigenvalue weighted by atomic mass is 35.5. The van der Waals surface area contributed by atoms with E-state index in [0.29, 0.717) is 10.6 Å². The van der Waals surface area contributed by atoms with Crippen LogP contribution in [-0.4, -0.2) is 44.7 Å². The van der Waals surface area contributed by atoms with Crippen molar-refractivity contribution in [3.8, 4) is 0 Å². The summed E-state index contributed by atoms with van der Waals surface area (Å²) in [6.45, 7) is 5.49. The van der Waals surface area contributed by atoms with Crippen LogP contribution in [0.1, 0.15) is 48.4 Å². The van der Waals surface area contributed by atoms with Gasteiger partial charge in [-0.15, -0.1) is 0 Å². The van der Waals surface area contributed by atoms with E-state index in [1.54, 1.807) is 54.9 Å². The predicted octanol–water partition coefficient (Wildman–Crippen LogP) is 4.63. The van der Waals surface area contributed by atoms with Gasteiger partial charge >= 0.3 is 0 Å². The summed E-state index contributed by atoms with van der Waals surface area (Å²) in [6, 6.07) is 18.4. The highest BCUT2D eigenvalue weighted by Crippen LogP contribution is 2.27. The molecule has 1 unspecified atom stereocenters. The van der Waals surface area contributed by atoms with Crippen LogP contribution in [0.25, 0.3) is 10.9 Å². The minimum absolute atomic E-state index is 0.259. The van der Waals surface area contributed by atoms with Gasteiger partial charge < -0.3 is 20.5 Å². The summed E-state index contributed by atoms with van der Waals surface area (Å²) >= 11 is 6.11. The van der Waals surface area contributed by atoms with Gasteiger partial charge in [0.25, 0.3) is 5.91 Å². The zero-order chi connectivity index (χ0) is 27.3. The Bertz CT molecular complexity index is 1400. The Balaban J connectivity index is 1.71. The Morgan fingerprint density at radius 1 is 1.00 bits per heavy atom. The van der Waals surface area contributed by atoms with Crippen molar-refractivity contribution in [2.45, 2.75) is 38.9 Å². The van der Waals surface area contributed by atoms with Crippen LogP contribution in [-0.2, 0) is 16.1 Å². The van der Waals surface area contributed by atoms with Gasteiger partial charge in [-0.25, -0.2) is 0 Å². The molecule has 3 N–H and O–H groups in total. The third kappa shape index (κ3) is 6.77. The zero-order valence-corrected chi connectivity index (χ0v) is 22.3. The third-order valence-corrected chi connectivity index (χ3v) is 6.07. The van der Waals surface area contributed by atoms with E-state index in [4.69, 9.17) is 11.6 Å². The SMILES string of the molecule is CC(C)(C)NC(=O)C(c1ccc(Cl)cc1)N(CC(=O)NCc1ccncc1)C(=O)c1cc2ccccc2[nH]1. The lowest BCUT2D eigenvalue weighted by atomic mass is 10.0. The van der Waals surface area contributed by atoms with Crippen LogP contribution in [0.5, 0.6) is 0 Å². The Morgan fingerprint density at radius 3 is 2.34 bits per heavy atom. The lowest BCUT2D eigenvalue weighted by molar-refractivity contribution is -0.129. The molecule has 0 aliphatic heterocycles. The van der Waals surface area contributed by atoms with Gasteiger partial charge in [0, 0.05) is 40.4 Å². The van der Waals surface area contributed by atoms with Crippen molar-refractivity contribution in [2.24, 2.45) is 0 Å². The summed E-state index contributed by atoms with van der Waals surface area (Å²) < 4.78 is 0. The van der Waals surface area contributed by atoms with Crippen LogP contribution in [0.15, 0.2) is 79.1 Å². The first-order valence-electron chi connectivity index (χ1n) is 12.2. The second kappa shape index (κ2) is 11.5. The fraction of sp³-hybridized carbons (Fsp3) is 0.241. The molecule has 3 amide bonds. The van der Waals surface area contributed by atoms with Crippen molar-refractivity contribution >= 4 is 40.2 Å². The van der Waals surface area contributed by atoms with Crippen LogP contribution in [0.2, 0.25) is 5.02 Å². The molecule has 0 spiro atoms. The van der Waals surface area contributed by atoms with Crippen LogP contribution in [0.4, 0.5) is 0 Å². The van der Waals surface area contributed by atoms with E-state index in [1.165, 1.54) is 4.90 Å². The molecule has 2 heterocycles. The number of halogens is 1. The second-order valence-corrected chi connectivity index (χ2v) is 10.5. The van der Waals surface area contributed by atoms with Gasteiger partial charge in [0.1, 0.15) is 18.3 Å². The van der Waals surface area contributed by atoms with Crippen molar-refractivity contribution in [3.05, 3.63) is 101 Å². The molecule has 0 aliphatic carbocycles. The molecule has 1 atom stereocenters. The summed E-state index contributed by atoms with van der Waals surface area (Å²) in [6.07, 6.45) is 3.28. The van der Waals surface area contributed by atoms with Gasteiger partial charge in [0.15, 0.2) is 0 Å². The highest BCUT2D eigenvalue weighted by Gasteiger charge is 2.35. The maximum atomic E-state index is 14.0. The average molecular weight is 532 g/mol. The summed E-state index contributed by atoms with van der Waals surface area (Å²) in [5.74, 6) is -1.30. The second-order valence-electron chi connectivity index (χ2n) is 10.0. The number of pyridine rings is 1. The van der Waals surface area contributed by atoms with E-state index >= 15 is 0 Å². The quantitative estimate of drug-likeness (QED) is 0.308. The Morgan fingerprint density at radius 2 is 1.68 bits per heavy atom. The fourth-order valence-corrected chi connectivity index (χ4v) is 4.22. The number of benzene rings is 2. The molecular weight excluding hydrogens is 502 g/mol. The predicted molar refractivity (Wildman–Crippen MR) is 148 cm³/mol. The first kappa shape index (κ1) is 26.9. The molecule has 196 valence electrons. The van der Waals surface area contributed by atoms with Crippen LogP contribution < -0.4 is 10.6 Å². The van der Waals surface area contributed by atoms with Crippen molar-refractivity contribution in [2.75, 3.05) is 6.54 Å². The lowest BCUT2D eigenvalue weighted by Gasteiger charge is -2.33. The smallest absolute Gasteiger partial charge is 0.271 e. The molecular formula is C29H30ClN5O3. The van der Waals surface area contributed by atoms with E-state index in [2.05, 4.69) is 20.6 Å². The molecule has 2 aromatic carbocycles. The molecule has 0 saturated carbocycles. The number of carbonyl (C=O) groups is 3. The minimum Gasteiger partial charge on any atom is -0.351 e. The molecule has 0 saturated heterocycles. The Hall–Kier alpha value is -4.17. The molecule has 0 fully saturated rings. The molecule has 2 aromatic heterocycles. The number of nitrogens with one attached hydrogen (secondary N) is 3. The molecule has 0 aliphatic rings. The van der Waals surface area contributed by atoms with Gasteiger partial charge in [-0.1, -0.05) is 41.9 Å². The number of hydrogen-bond acceptors (Lipinski definition) is 4. The lowest BCUT2D eigenvalue weighted by Crippen LogP contribution is -2.51. The maximum absolute atomic E-state index is 14.0. The summed E-state index contributed by atoms with van der Waals surface area (Å²) in [5.41, 5.74) is 1.88. The van der Waals surface area contributed by atoms with Crippen molar-refractivity contribution in [3.63, 3.8) is 0 Å². The maximum Gasteiger partial charge on any atom is 0.271 e. The number of nitrogens with zero attached hydrogens (tertiary/aromatic N) is 2. The monoisotopic (exact) mass is 531 g/mol. The fourth-order valence-electron chi connectivity index (χ4n) is 4.09. The summed E-state index contributed by atoms with van der Waals surface area (Å²) in [7, 11) is 0. The van der Waals surface area contributed by atoms with Crippen molar-refractivity contribution < 1.29 is 14.4 Å². The van der Waals surface area contributed by atoms with E-state index in [0.717, 1.165) is 16.5 Å². The first-order chi connectivity index (χ1) is 18.1. The van der Waals surface area contributed by atoms with E-state index in [1.807, 2.05) is 45.0 Å². The van der Waals surface area contributed by atoms with Gasteiger partial charge in [0.05, 0.1) is 0 Å². The van der Waals surface area contributed by atoms with E-state index < -0.39 is 29.3 Å². The molecule has 4 aromatic rings. The van der Waals surface area contributed by atoms with Gasteiger partial charge in [-0.2, -0.15) is 0 Å². The normalized spacial score (nSPS) is 12.1. The minimum atomic E-state index is -1.09. The molecule has 38 heavy (non-hydrogen) atoms. The Labute approximate surface area is 226 Å². The summed E-state index contributed by atoms with van der Waals surface area (Å²) in [5, 5.41) is 7.14. The highest BCUT2D eigenvalue weighted by molar-refractivity contribution is 6.30. The van der Waals surface area contributed by atoms with E-state index in [9.17, 15) is 14.4 Å². The number of rotatable bonds is 8. The number of hydrogen-bond donors (Lipinski definition) is 3. The topological polar surface area (TPSA) is 107 Å². The van der Waals surface area contributed by atoms with Crippen LogP contribution >= 0.6 is 11.6 Å². The number of aromatic nitrogens is 2. The first-order valence-corrected chi connectivity index (χ1v) is 12.6. The average Bonchev–Trinajstić information content (AvgIpc) is 3.32. The van der Waals surface area contributed by atoms with Gasteiger partial charge in [-0.3, -0.25) is 19.4 Å². The van der Waals surface area contributed by atoms with Crippen molar-refractivity contribution in [1.82, 2.24) is 25.5 Å². The zero-order valence-electron chi connectivity index (χ0n) is 21.5. The number of fused-ring (bicyclic) bond motifs is 1. The van der Waals surface area contributed by atoms with Gasteiger partial charge in [0.2, 0.25) is 11.8 Å². The van der Waals surface area contributed by atoms with Crippen LogP contribution in [0, 0.1) is 0 Å². The third-order valence-electron chi connectivity index (χ3n) is 5.82. The molecule has 4 rings (SSSR count). The number of para-hydroxylation sites is 1.